The standard InChI is InChI=1S/C12H10BrClN2O3S/c13-12-8(14)2-1-3-10(12)16-20(18,19)7-4-5-11(17)9(15)6-7/h1-6,16-17H,15H2. The highest BCUT2D eigenvalue weighted by atomic mass is 79.9. The molecule has 20 heavy (non-hydrogen) atoms. The van der Waals surface area contributed by atoms with E-state index in [1.54, 1.807) is 18.2 Å². The Bertz CT molecular complexity index is 765. The summed E-state index contributed by atoms with van der Waals surface area (Å²) in [5.74, 6) is -0.173. The number of nitrogen functional groups attached to an aromatic ring is 1. The summed E-state index contributed by atoms with van der Waals surface area (Å²) in [5.41, 5.74) is 5.79. The summed E-state index contributed by atoms with van der Waals surface area (Å²) < 4.78 is 27.3. The molecule has 5 nitrogen and oxygen atoms in total. The maximum Gasteiger partial charge on any atom is 0.262 e. The fourth-order valence-electron chi connectivity index (χ4n) is 1.49. The van der Waals surface area contributed by atoms with E-state index in [4.69, 9.17) is 17.3 Å². The minimum atomic E-state index is -3.82. The molecule has 2 aromatic rings. The zero-order chi connectivity index (χ0) is 14.9. The van der Waals surface area contributed by atoms with Crippen LogP contribution in [0.25, 0.3) is 0 Å². The van der Waals surface area contributed by atoms with E-state index < -0.39 is 10.0 Å². The first kappa shape index (κ1) is 15.0. The Morgan fingerprint density at radius 2 is 1.95 bits per heavy atom. The van der Waals surface area contributed by atoms with Gasteiger partial charge in [-0.25, -0.2) is 8.42 Å². The van der Waals surface area contributed by atoms with Gasteiger partial charge in [-0.1, -0.05) is 17.7 Å². The molecule has 2 rings (SSSR count). The van der Waals surface area contributed by atoms with Gasteiger partial charge in [-0.2, -0.15) is 0 Å². The number of anilines is 2. The van der Waals surface area contributed by atoms with Gasteiger partial charge < -0.3 is 10.8 Å². The average Bonchev–Trinajstić information content (AvgIpc) is 2.38. The number of hydrogen-bond donors (Lipinski definition) is 3. The smallest absolute Gasteiger partial charge is 0.262 e. The number of rotatable bonds is 3. The SMILES string of the molecule is Nc1cc(S(=O)(=O)Nc2cccc(Cl)c2Br)ccc1O. The Labute approximate surface area is 129 Å². The minimum Gasteiger partial charge on any atom is -0.506 e. The predicted molar refractivity (Wildman–Crippen MR) is 82.5 cm³/mol. The lowest BCUT2D eigenvalue weighted by Crippen LogP contribution is -2.13. The zero-order valence-corrected chi connectivity index (χ0v) is 13.1. The molecule has 0 unspecified atom stereocenters. The third-order valence-electron chi connectivity index (χ3n) is 2.51. The van der Waals surface area contributed by atoms with Crippen molar-refractivity contribution in [3.05, 3.63) is 45.9 Å². The Balaban J connectivity index is 2.41. The van der Waals surface area contributed by atoms with Crippen molar-refractivity contribution in [3.8, 4) is 5.75 Å². The van der Waals surface area contributed by atoms with E-state index in [-0.39, 0.29) is 16.3 Å². The third kappa shape index (κ3) is 3.00. The molecule has 0 aliphatic rings. The highest BCUT2D eigenvalue weighted by Crippen LogP contribution is 2.32. The molecule has 4 N–H and O–H groups in total. The summed E-state index contributed by atoms with van der Waals surface area (Å²) in [6.07, 6.45) is 0. The maximum absolute atomic E-state index is 12.2. The lowest BCUT2D eigenvalue weighted by Gasteiger charge is -2.11. The van der Waals surface area contributed by atoms with Crippen molar-refractivity contribution < 1.29 is 13.5 Å². The van der Waals surface area contributed by atoms with Crippen LogP contribution in [0.3, 0.4) is 0 Å². The summed E-state index contributed by atoms with van der Waals surface area (Å²) in [5, 5.41) is 9.70. The second-order valence-electron chi connectivity index (χ2n) is 3.93. The molecule has 0 radical (unpaired) electrons. The number of sulfonamides is 1. The van der Waals surface area contributed by atoms with Gasteiger partial charge >= 0.3 is 0 Å². The summed E-state index contributed by atoms with van der Waals surface area (Å²) in [4.78, 5) is -0.0559. The van der Waals surface area contributed by atoms with Crippen molar-refractivity contribution in [2.45, 2.75) is 4.90 Å². The second kappa shape index (κ2) is 5.51. The van der Waals surface area contributed by atoms with Crippen LogP contribution in [0.5, 0.6) is 5.75 Å². The van der Waals surface area contributed by atoms with Gasteiger partial charge in [-0.3, -0.25) is 4.72 Å². The van der Waals surface area contributed by atoms with E-state index in [2.05, 4.69) is 20.7 Å². The van der Waals surface area contributed by atoms with Crippen LogP contribution in [-0.2, 0) is 10.0 Å². The van der Waals surface area contributed by atoms with E-state index in [1.807, 2.05) is 0 Å². The van der Waals surface area contributed by atoms with Gasteiger partial charge in [0.2, 0.25) is 0 Å². The van der Waals surface area contributed by atoms with Gasteiger partial charge in [0.25, 0.3) is 10.0 Å². The normalized spacial score (nSPS) is 11.3. The average molecular weight is 378 g/mol. The first-order chi connectivity index (χ1) is 9.31. The van der Waals surface area contributed by atoms with Crippen LogP contribution < -0.4 is 10.5 Å². The van der Waals surface area contributed by atoms with Crippen molar-refractivity contribution in [2.75, 3.05) is 10.5 Å². The number of phenols is 1. The molecule has 106 valence electrons. The molecule has 0 spiro atoms. The Morgan fingerprint density at radius 3 is 2.60 bits per heavy atom. The lowest BCUT2D eigenvalue weighted by molar-refractivity contribution is 0.477. The van der Waals surface area contributed by atoms with Gasteiger partial charge in [-0.05, 0) is 46.3 Å². The quantitative estimate of drug-likeness (QED) is 0.566. The first-order valence-corrected chi connectivity index (χ1v) is 8.02. The molecule has 0 heterocycles. The first-order valence-electron chi connectivity index (χ1n) is 5.36. The number of nitrogens with two attached hydrogens (primary N) is 1. The topological polar surface area (TPSA) is 92.4 Å². The number of phenolic OH excluding ortho intramolecular Hbond substituents is 1. The largest absolute Gasteiger partial charge is 0.506 e. The molecule has 2 aromatic carbocycles. The third-order valence-corrected chi connectivity index (χ3v) is 5.27. The molecular weight excluding hydrogens is 368 g/mol. The number of benzene rings is 2. The monoisotopic (exact) mass is 376 g/mol. The van der Waals surface area contributed by atoms with E-state index in [0.29, 0.717) is 15.2 Å². The molecule has 0 atom stereocenters. The van der Waals surface area contributed by atoms with Gasteiger partial charge in [-0.15, -0.1) is 0 Å². The van der Waals surface area contributed by atoms with E-state index >= 15 is 0 Å². The van der Waals surface area contributed by atoms with E-state index in [9.17, 15) is 13.5 Å². The van der Waals surface area contributed by atoms with Crippen LogP contribution in [0.2, 0.25) is 5.02 Å². The number of nitrogens with one attached hydrogen (secondary N) is 1. The fourth-order valence-corrected chi connectivity index (χ4v) is 3.26. The van der Waals surface area contributed by atoms with Crippen LogP contribution in [0, 0.1) is 0 Å². The molecule has 0 fully saturated rings. The lowest BCUT2D eigenvalue weighted by atomic mass is 10.3. The minimum absolute atomic E-state index is 0.0157. The van der Waals surface area contributed by atoms with E-state index in [0.717, 1.165) is 0 Å². The molecular formula is C12H10BrClN2O3S. The molecule has 0 saturated carbocycles. The van der Waals surface area contributed by atoms with Crippen LogP contribution in [0.15, 0.2) is 45.8 Å². The molecule has 0 aliphatic carbocycles. The van der Waals surface area contributed by atoms with Gasteiger partial charge in [0.15, 0.2) is 0 Å². The van der Waals surface area contributed by atoms with Crippen molar-refractivity contribution in [1.82, 2.24) is 0 Å². The Hall–Kier alpha value is -1.44. The fraction of sp³-hybridized carbons (Fsp3) is 0. The summed E-state index contributed by atoms with van der Waals surface area (Å²) >= 11 is 9.11. The molecule has 0 aromatic heterocycles. The molecule has 0 amide bonds. The number of halogens is 2. The van der Waals surface area contributed by atoms with Crippen molar-refractivity contribution in [1.29, 1.82) is 0 Å². The van der Waals surface area contributed by atoms with Crippen LogP contribution in [0.1, 0.15) is 0 Å². The highest BCUT2D eigenvalue weighted by Gasteiger charge is 2.17. The van der Waals surface area contributed by atoms with Gasteiger partial charge in [0.1, 0.15) is 5.75 Å². The summed E-state index contributed by atoms with van der Waals surface area (Å²) in [6.45, 7) is 0. The zero-order valence-electron chi connectivity index (χ0n) is 9.97. The maximum atomic E-state index is 12.2. The van der Waals surface area contributed by atoms with Gasteiger partial charge in [0.05, 0.1) is 25.8 Å². The van der Waals surface area contributed by atoms with Crippen molar-refractivity contribution in [3.63, 3.8) is 0 Å². The van der Waals surface area contributed by atoms with E-state index in [1.165, 1.54) is 18.2 Å². The Kier molecular flexibility index (Phi) is 4.12. The molecule has 0 aliphatic heterocycles. The number of aromatic hydroxyl groups is 1. The molecule has 0 bridgehead atoms. The highest BCUT2D eigenvalue weighted by molar-refractivity contribution is 9.10. The molecule has 0 saturated heterocycles. The Morgan fingerprint density at radius 1 is 1.25 bits per heavy atom. The number of hydrogen-bond acceptors (Lipinski definition) is 4. The van der Waals surface area contributed by atoms with Crippen LogP contribution in [0.4, 0.5) is 11.4 Å². The predicted octanol–water partition coefficient (Wildman–Crippen LogP) is 3.19. The molecule has 8 heteroatoms. The van der Waals surface area contributed by atoms with Crippen LogP contribution in [-0.4, -0.2) is 13.5 Å². The second-order valence-corrected chi connectivity index (χ2v) is 6.81. The van der Waals surface area contributed by atoms with Crippen LogP contribution >= 0.6 is 27.5 Å². The van der Waals surface area contributed by atoms with Crippen molar-refractivity contribution in [2.24, 2.45) is 0 Å². The van der Waals surface area contributed by atoms with Crippen molar-refractivity contribution >= 4 is 48.9 Å². The summed E-state index contributed by atoms with van der Waals surface area (Å²) in [7, 11) is -3.82. The van der Waals surface area contributed by atoms with Gasteiger partial charge in [0, 0.05) is 0 Å². The summed E-state index contributed by atoms with van der Waals surface area (Å²) in [6, 6.07) is 8.47.